The van der Waals surface area contributed by atoms with Crippen LogP contribution in [0.15, 0.2) is 60.2 Å². The van der Waals surface area contributed by atoms with Crippen LogP contribution in [0.3, 0.4) is 0 Å². The van der Waals surface area contributed by atoms with Gasteiger partial charge < -0.3 is 10.1 Å². The Balaban J connectivity index is 1.93. The van der Waals surface area contributed by atoms with Crippen LogP contribution in [0, 0.1) is 28.7 Å². The first-order valence-electron chi connectivity index (χ1n) is 10.5. The topological polar surface area (TPSA) is 62.1 Å². The second kappa shape index (κ2) is 11.4. The zero-order chi connectivity index (χ0) is 24.0. The van der Waals surface area contributed by atoms with Gasteiger partial charge in [0, 0.05) is 26.3 Å². The van der Waals surface area contributed by atoms with Crippen molar-refractivity contribution in [2.24, 2.45) is 0 Å². The van der Waals surface area contributed by atoms with Crippen molar-refractivity contribution in [3.63, 3.8) is 0 Å². The normalized spacial score (nSPS) is 11.1. The number of benzene rings is 3. The number of nitriles is 1. The number of nitrogens with zero attached hydrogens (tertiary/aromatic N) is 1. The predicted molar refractivity (Wildman–Crippen MR) is 143 cm³/mol. The van der Waals surface area contributed by atoms with Gasteiger partial charge in [-0.15, -0.1) is 0 Å². The van der Waals surface area contributed by atoms with E-state index in [9.17, 15) is 10.1 Å². The van der Waals surface area contributed by atoms with Crippen molar-refractivity contribution >= 4 is 51.9 Å². The summed E-state index contributed by atoms with van der Waals surface area (Å²) in [7, 11) is 0. The molecule has 0 heterocycles. The van der Waals surface area contributed by atoms with Crippen LogP contribution in [0.25, 0.3) is 6.08 Å². The Morgan fingerprint density at radius 2 is 1.88 bits per heavy atom. The van der Waals surface area contributed by atoms with Crippen LogP contribution in [0.5, 0.6) is 5.75 Å². The van der Waals surface area contributed by atoms with Crippen LogP contribution in [0.2, 0.25) is 5.02 Å². The summed E-state index contributed by atoms with van der Waals surface area (Å²) in [5, 5.41) is 12.8. The Labute approximate surface area is 213 Å². The summed E-state index contributed by atoms with van der Waals surface area (Å²) < 4.78 is 6.95. The van der Waals surface area contributed by atoms with Gasteiger partial charge in [-0.1, -0.05) is 47.0 Å². The molecule has 1 amide bonds. The molecule has 0 spiro atoms. The number of anilines is 1. The first-order valence-corrected chi connectivity index (χ1v) is 12.0. The lowest BCUT2D eigenvalue weighted by Gasteiger charge is -2.15. The molecule has 168 valence electrons. The zero-order valence-electron chi connectivity index (χ0n) is 18.7. The molecule has 0 aliphatic rings. The standard InChI is InChI=1S/C27H24ClIN2O2/c1-4-33-26-14-20(11-21(16-30)27(32)31-23-7-5-6-22(28)15-23)13-25(29)24(26)12-19-9-17(2)8-18(3)10-19/h5-11,13-15H,4,12H2,1-3H3,(H,31,32)/b21-11+. The van der Waals surface area contributed by atoms with Crippen LogP contribution in [0.4, 0.5) is 5.69 Å². The van der Waals surface area contributed by atoms with E-state index in [2.05, 4.69) is 60.0 Å². The quantitative estimate of drug-likeness (QED) is 0.187. The Morgan fingerprint density at radius 1 is 1.15 bits per heavy atom. The number of amides is 1. The molecule has 0 atom stereocenters. The molecule has 33 heavy (non-hydrogen) atoms. The summed E-state index contributed by atoms with van der Waals surface area (Å²) in [4.78, 5) is 12.6. The molecule has 0 aliphatic heterocycles. The monoisotopic (exact) mass is 570 g/mol. The molecule has 3 rings (SSSR count). The van der Waals surface area contributed by atoms with Crippen LogP contribution < -0.4 is 10.1 Å². The number of carbonyl (C=O) groups is 1. The minimum atomic E-state index is -0.493. The molecule has 6 heteroatoms. The van der Waals surface area contributed by atoms with E-state index < -0.39 is 5.91 Å². The largest absolute Gasteiger partial charge is 0.494 e. The number of halogens is 2. The van der Waals surface area contributed by atoms with Crippen molar-refractivity contribution in [3.05, 3.63) is 96.6 Å². The smallest absolute Gasteiger partial charge is 0.266 e. The van der Waals surface area contributed by atoms with E-state index in [1.807, 2.05) is 25.1 Å². The highest BCUT2D eigenvalue weighted by Gasteiger charge is 2.14. The molecule has 3 aromatic carbocycles. The summed E-state index contributed by atoms with van der Waals surface area (Å²) >= 11 is 8.27. The van der Waals surface area contributed by atoms with Crippen LogP contribution >= 0.6 is 34.2 Å². The molecule has 0 aliphatic carbocycles. The van der Waals surface area contributed by atoms with Crippen LogP contribution in [0.1, 0.15) is 34.7 Å². The number of nitrogens with one attached hydrogen (secondary N) is 1. The number of rotatable bonds is 7. The van der Waals surface area contributed by atoms with Crippen LogP contribution in [-0.4, -0.2) is 12.5 Å². The van der Waals surface area contributed by atoms with Gasteiger partial charge in [0.2, 0.25) is 0 Å². The lowest BCUT2D eigenvalue weighted by atomic mass is 9.98. The third-order valence-corrected chi connectivity index (χ3v) is 6.10. The summed E-state index contributed by atoms with van der Waals surface area (Å²) in [6.45, 7) is 6.64. The van der Waals surface area contributed by atoms with Gasteiger partial charge in [-0.2, -0.15) is 5.26 Å². The van der Waals surface area contributed by atoms with Gasteiger partial charge >= 0.3 is 0 Å². The average Bonchev–Trinajstić information content (AvgIpc) is 2.74. The van der Waals surface area contributed by atoms with Crippen molar-refractivity contribution < 1.29 is 9.53 Å². The van der Waals surface area contributed by atoms with Crippen molar-refractivity contribution in [1.82, 2.24) is 0 Å². The van der Waals surface area contributed by atoms with Gasteiger partial charge in [-0.3, -0.25) is 4.79 Å². The van der Waals surface area contributed by atoms with Gasteiger partial charge in [0.05, 0.1) is 6.61 Å². The molecule has 0 saturated carbocycles. The fourth-order valence-corrected chi connectivity index (χ4v) is 4.63. The van der Waals surface area contributed by atoms with E-state index in [1.54, 1.807) is 30.3 Å². The lowest BCUT2D eigenvalue weighted by Crippen LogP contribution is -2.13. The van der Waals surface area contributed by atoms with Gasteiger partial charge in [0.1, 0.15) is 17.4 Å². The number of hydrogen-bond acceptors (Lipinski definition) is 3. The summed E-state index contributed by atoms with van der Waals surface area (Å²) in [6, 6.07) is 19.2. The molecule has 0 radical (unpaired) electrons. The molecular formula is C27H24ClIN2O2. The maximum Gasteiger partial charge on any atom is 0.266 e. The van der Waals surface area contributed by atoms with Crippen molar-refractivity contribution in [2.45, 2.75) is 27.2 Å². The van der Waals surface area contributed by atoms with Gasteiger partial charge in [0.15, 0.2) is 0 Å². The maximum atomic E-state index is 12.6. The van der Waals surface area contributed by atoms with E-state index in [-0.39, 0.29) is 5.57 Å². The predicted octanol–water partition coefficient (Wildman–Crippen LogP) is 7.10. The molecule has 0 bridgehead atoms. The molecular weight excluding hydrogens is 547 g/mol. The second-order valence-corrected chi connectivity index (χ2v) is 9.32. The minimum absolute atomic E-state index is 0.00437. The molecule has 0 aromatic heterocycles. The summed E-state index contributed by atoms with van der Waals surface area (Å²) in [5.41, 5.74) is 6.00. The lowest BCUT2D eigenvalue weighted by molar-refractivity contribution is -0.112. The highest BCUT2D eigenvalue weighted by atomic mass is 127. The highest BCUT2D eigenvalue weighted by molar-refractivity contribution is 14.1. The minimum Gasteiger partial charge on any atom is -0.494 e. The van der Waals surface area contributed by atoms with E-state index >= 15 is 0 Å². The molecule has 3 aromatic rings. The number of carbonyl (C=O) groups excluding carboxylic acids is 1. The molecule has 0 unspecified atom stereocenters. The van der Waals surface area contributed by atoms with E-state index in [4.69, 9.17) is 16.3 Å². The van der Waals surface area contributed by atoms with Gasteiger partial charge in [0.25, 0.3) is 5.91 Å². The Kier molecular flexibility index (Phi) is 8.54. The van der Waals surface area contributed by atoms with Gasteiger partial charge in [-0.25, -0.2) is 0 Å². The van der Waals surface area contributed by atoms with E-state index in [0.717, 1.165) is 26.9 Å². The van der Waals surface area contributed by atoms with Crippen molar-refractivity contribution in [2.75, 3.05) is 11.9 Å². The molecule has 0 saturated heterocycles. The zero-order valence-corrected chi connectivity index (χ0v) is 21.6. The third-order valence-electron chi connectivity index (χ3n) is 4.90. The number of aryl methyl sites for hydroxylation is 2. The number of ether oxygens (including phenoxy) is 1. The Hall–Kier alpha value is -2.82. The average molecular weight is 571 g/mol. The first-order chi connectivity index (χ1) is 15.8. The highest BCUT2D eigenvalue weighted by Crippen LogP contribution is 2.30. The molecule has 4 nitrogen and oxygen atoms in total. The number of hydrogen-bond donors (Lipinski definition) is 1. The maximum absolute atomic E-state index is 12.6. The van der Waals surface area contributed by atoms with Crippen molar-refractivity contribution in [1.29, 1.82) is 5.26 Å². The van der Waals surface area contributed by atoms with Gasteiger partial charge in [-0.05, 0) is 90.9 Å². The van der Waals surface area contributed by atoms with E-state index in [0.29, 0.717) is 17.3 Å². The summed E-state index contributed by atoms with van der Waals surface area (Å²) in [5.74, 6) is 0.259. The fraction of sp³-hybridized carbons (Fsp3) is 0.185. The molecule has 1 N–H and O–H groups in total. The van der Waals surface area contributed by atoms with Crippen molar-refractivity contribution in [3.8, 4) is 11.8 Å². The second-order valence-electron chi connectivity index (χ2n) is 7.72. The SMILES string of the molecule is CCOc1cc(/C=C(\C#N)C(=O)Nc2cccc(Cl)c2)cc(I)c1Cc1cc(C)cc(C)c1. The fourth-order valence-electron chi connectivity index (χ4n) is 3.63. The third kappa shape index (κ3) is 6.83. The molecule has 0 fully saturated rings. The first kappa shape index (κ1) is 24.8. The Bertz CT molecular complexity index is 1240. The van der Waals surface area contributed by atoms with Crippen LogP contribution in [-0.2, 0) is 11.2 Å². The van der Waals surface area contributed by atoms with E-state index in [1.165, 1.54) is 16.7 Å². The Morgan fingerprint density at radius 3 is 2.52 bits per heavy atom. The summed E-state index contributed by atoms with van der Waals surface area (Å²) in [6.07, 6.45) is 2.31.